The second-order valence-electron chi connectivity index (χ2n) is 5.52. The van der Waals surface area contributed by atoms with E-state index in [1.54, 1.807) is 23.0 Å². The minimum Gasteiger partial charge on any atom is -0.506 e. The molecule has 4 heteroatoms. The highest BCUT2D eigenvalue weighted by molar-refractivity contribution is 5.82. The van der Waals surface area contributed by atoms with Crippen molar-refractivity contribution in [3.05, 3.63) is 48.7 Å². The third kappa shape index (κ3) is 2.33. The Labute approximate surface area is 122 Å². The van der Waals surface area contributed by atoms with Gasteiger partial charge in [0.1, 0.15) is 17.2 Å². The van der Waals surface area contributed by atoms with Gasteiger partial charge in [-0.3, -0.25) is 0 Å². The van der Waals surface area contributed by atoms with Gasteiger partial charge < -0.3 is 9.84 Å². The lowest BCUT2D eigenvalue weighted by molar-refractivity contribution is 0.300. The van der Waals surface area contributed by atoms with Gasteiger partial charge in [0.25, 0.3) is 0 Å². The molecule has 0 unspecified atom stereocenters. The molecule has 1 heterocycles. The molecule has 1 aliphatic rings. The molecular weight excluding hydrogens is 264 g/mol. The Morgan fingerprint density at radius 1 is 1.19 bits per heavy atom. The second kappa shape index (κ2) is 4.81. The summed E-state index contributed by atoms with van der Waals surface area (Å²) in [5.41, 5.74) is 1.61. The van der Waals surface area contributed by atoms with Crippen LogP contribution in [0.25, 0.3) is 16.6 Å². The summed E-state index contributed by atoms with van der Waals surface area (Å²) in [5.74, 6) is 1.79. The van der Waals surface area contributed by atoms with Gasteiger partial charge in [0.15, 0.2) is 0 Å². The summed E-state index contributed by atoms with van der Waals surface area (Å²) in [6.45, 7) is 0.788. The molecule has 3 aromatic rings. The molecule has 0 atom stereocenters. The van der Waals surface area contributed by atoms with Crippen LogP contribution in [0.5, 0.6) is 11.5 Å². The van der Waals surface area contributed by atoms with Crippen molar-refractivity contribution < 1.29 is 9.84 Å². The van der Waals surface area contributed by atoms with Gasteiger partial charge in [-0.25, -0.2) is 4.68 Å². The van der Waals surface area contributed by atoms with E-state index in [0.717, 1.165) is 29.2 Å². The van der Waals surface area contributed by atoms with Crippen LogP contribution in [0.4, 0.5) is 0 Å². The number of phenols is 1. The van der Waals surface area contributed by atoms with Crippen molar-refractivity contribution in [1.29, 1.82) is 0 Å². The van der Waals surface area contributed by atoms with E-state index in [0.29, 0.717) is 5.69 Å². The molecule has 1 aromatic heterocycles. The Morgan fingerprint density at radius 3 is 2.86 bits per heavy atom. The quantitative estimate of drug-likeness (QED) is 0.795. The van der Waals surface area contributed by atoms with E-state index in [1.807, 2.05) is 30.3 Å². The molecule has 21 heavy (non-hydrogen) atoms. The van der Waals surface area contributed by atoms with E-state index >= 15 is 0 Å². The third-order valence-corrected chi connectivity index (χ3v) is 3.83. The zero-order valence-electron chi connectivity index (χ0n) is 11.6. The highest BCUT2D eigenvalue weighted by atomic mass is 16.5. The predicted molar refractivity (Wildman–Crippen MR) is 81.0 cm³/mol. The van der Waals surface area contributed by atoms with Gasteiger partial charge in [0.2, 0.25) is 0 Å². The maximum absolute atomic E-state index is 10.0. The minimum atomic E-state index is 0.215. The van der Waals surface area contributed by atoms with Crippen LogP contribution in [-0.4, -0.2) is 21.5 Å². The average molecular weight is 280 g/mol. The molecule has 0 spiro atoms. The monoisotopic (exact) mass is 280 g/mol. The van der Waals surface area contributed by atoms with Gasteiger partial charge in [-0.2, -0.15) is 5.10 Å². The number of benzene rings is 2. The van der Waals surface area contributed by atoms with Gasteiger partial charge in [-0.15, -0.1) is 0 Å². The summed E-state index contributed by atoms with van der Waals surface area (Å²) >= 11 is 0. The molecule has 4 rings (SSSR count). The summed E-state index contributed by atoms with van der Waals surface area (Å²) in [5, 5.41) is 15.4. The Bertz CT molecular complexity index is 790. The van der Waals surface area contributed by atoms with E-state index in [-0.39, 0.29) is 5.75 Å². The molecule has 0 aliphatic heterocycles. The standard InChI is InChI=1S/C17H16N2O2/c20-17-4-2-1-3-15(17)19-16-9-14(21-11-12-5-6-12)8-7-13(16)10-18-19/h1-4,7-10,12,20H,5-6,11H2. The Balaban J connectivity index is 1.74. The van der Waals surface area contributed by atoms with Gasteiger partial charge in [-0.1, -0.05) is 12.1 Å². The first-order valence-corrected chi connectivity index (χ1v) is 7.20. The SMILES string of the molecule is Oc1ccccc1-n1ncc2ccc(OCC3CC3)cc21. The maximum atomic E-state index is 10.0. The molecule has 0 saturated heterocycles. The maximum Gasteiger partial charge on any atom is 0.141 e. The van der Waals surface area contributed by atoms with Gasteiger partial charge in [0, 0.05) is 11.5 Å². The molecule has 4 nitrogen and oxygen atoms in total. The van der Waals surface area contributed by atoms with E-state index in [9.17, 15) is 5.11 Å². The van der Waals surface area contributed by atoms with Crippen LogP contribution < -0.4 is 4.74 Å². The molecule has 1 fully saturated rings. The number of aromatic nitrogens is 2. The van der Waals surface area contributed by atoms with Crippen LogP contribution in [0.15, 0.2) is 48.7 Å². The summed E-state index contributed by atoms with van der Waals surface area (Å²) in [4.78, 5) is 0. The van der Waals surface area contributed by atoms with Crippen molar-refractivity contribution in [2.45, 2.75) is 12.8 Å². The first-order valence-electron chi connectivity index (χ1n) is 7.20. The summed E-state index contributed by atoms with van der Waals surface area (Å²) in [6, 6.07) is 13.2. The number of hydrogen-bond donors (Lipinski definition) is 1. The predicted octanol–water partition coefficient (Wildman–Crippen LogP) is 3.52. The molecule has 0 amide bonds. The molecule has 1 saturated carbocycles. The average Bonchev–Trinajstić information content (AvgIpc) is 3.25. The number of aromatic hydroxyl groups is 1. The van der Waals surface area contributed by atoms with Gasteiger partial charge in [-0.05, 0) is 43.0 Å². The summed E-state index contributed by atoms with van der Waals surface area (Å²) in [6.07, 6.45) is 4.35. The Morgan fingerprint density at radius 2 is 2.05 bits per heavy atom. The molecular formula is C17H16N2O2. The number of ether oxygens (including phenoxy) is 1. The van der Waals surface area contributed by atoms with Crippen molar-refractivity contribution >= 4 is 10.9 Å². The minimum absolute atomic E-state index is 0.215. The number of fused-ring (bicyclic) bond motifs is 1. The molecule has 1 N–H and O–H groups in total. The number of rotatable bonds is 4. The summed E-state index contributed by atoms with van der Waals surface area (Å²) in [7, 11) is 0. The van der Waals surface area contributed by atoms with Crippen molar-refractivity contribution in [2.24, 2.45) is 5.92 Å². The third-order valence-electron chi connectivity index (χ3n) is 3.83. The Kier molecular flexibility index (Phi) is 2.81. The number of nitrogens with zero attached hydrogens (tertiary/aromatic N) is 2. The molecule has 2 aromatic carbocycles. The van der Waals surface area contributed by atoms with E-state index < -0.39 is 0 Å². The zero-order valence-corrected chi connectivity index (χ0v) is 11.6. The fourth-order valence-corrected chi connectivity index (χ4v) is 2.42. The van der Waals surface area contributed by atoms with Crippen LogP contribution in [0.1, 0.15) is 12.8 Å². The van der Waals surface area contributed by atoms with Gasteiger partial charge in [0.05, 0.1) is 18.3 Å². The van der Waals surface area contributed by atoms with Crippen molar-refractivity contribution in [1.82, 2.24) is 9.78 Å². The first-order chi connectivity index (χ1) is 10.3. The number of phenolic OH excluding ortho intramolecular Hbond substituents is 1. The molecule has 106 valence electrons. The largest absolute Gasteiger partial charge is 0.506 e. The fraction of sp³-hybridized carbons (Fsp3) is 0.235. The fourth-order valence-electron chi connectivity index (χ4n) is 2.42. The second-order valence-corrected chi connectivity index (χ2v) is 5.52. The van der Waals surface area contributed by atoms with Gasteiger partial charge >= 0.3 is 0 Å². The normalized spacial score (nSPS) is 14.5. The van der Waals surface area contributed by atoms with Crippen LogP contribution in [0.2, 0.25) is 0 Å². The topological polar surface area (TPSA) is 47.3 Å². The highest BCUT2D eigenvalue weighted by Crippen LogP contribution is 2.31. The first kappa shape index (κ1) is 12.3. The van der Waals surface area contributed by atoms with E-state index in [4.69, 9.17) is 4.74 Å². The van der Waals surface area contributed by atoms with Crippen LogP contribution in [-0.2, 0) is 0 Å². The zero-order chi connectivity index (χ0) is 14.2. The molecule has 1 aliphatic carbocycles. The lowest BCUT2D eigenvalue weighted by Gasteiger charge is -2.08. The van der Waals surface area contributed by atoms with Crippen LogP contribution in [0, 0.1) is 5.92 Å². The van der Waals surface area contributed by atoms with E-state index in [1.165, 1.54) is 12.8 Å². The molecule has 0 bridgehead atoms. The number of para-hydroxylation sites is 2. The van der Waals surface area contributed by atoms with E-state index in [2.05, 4.69) is 5.10 Å². The molecule has 0 radical (unpaired) electrons. The lowest BCUT2D eigenvalue weighted by Crippen LogP contribution is -2.00. The summed E-state index contributed by atoms with van der Waals surface area (Å²) < 4.78 is 7.57. The van der Waals surface area contributed by atoms with Crippen LogP contribution >= 0.6 is 0 Å². The smallest absolute Gasteiger partial charge is 0.141 e. The highest BCUT2D eigenvalue weighted by Gasteiger charge is 2.22. The van der Waals surface area contributed by atoms with Crippen LogP contribution in [0.3, 0.4) is 0 Å². The van der Waals surface area contributed by atoms with Crippen molar-refractivity contribution in [3.63, 3.8) is 0 Å². The lowest BCUT2D eigenvalue weighted by atomic mass is 10.2. The number of hydrogen-bond acceptors (Lipinski definition) is 3. The van der Waals surface area contributed by atoms with Crippen molar-refractivity contribution in [2.75, 3.05) is 6.61 Å². The van der Waals surface area contributed by atoms with Crippen molar-refractivity contribution in [3.8, 4) is 17.2 Å². The Hall–Kier alpha value is -2.49.